The Morgan fingerprint density at radius 2 is 1.97 bits per heavy atom. The first-order valence-electron chi connectivity index (χ1n) is 8.80. The molecule has 1 aromatic heterocycles. The molecule has 0 aliphatic rings. The zero-order valence-electron chi connectivity index (χ0n) is 16.5. The van der Waals surface area contributed by atoms with Crippen molar-refractivity contribution in [2.45, 2.75) is 6.92 Å². The van der Waals surface area contributed by atoms with Crippen molar-refractivity contribution in [3.63, 3.8) is 0 Å². The second-order valence-corrected chi connectivity index (χ2v) is 6.09. The first-order chi connectivity index (χ1) is 14.4. The maximum atomic E-state index is 14.2. The molecular weight excluding hydrogens is 395 g/mol. The summed E-state index contributed by atoms with van der Waals surface area (Å²) in [5.41, 5.74) is 0.736. The van der Waals surface area contributed by atoms with Gasteiger partial charge in [-0.1, -0.05) is 0 Å². The minimum atomic E-state index is -0.539. The van der Waals surface area contributed by atoms with Crippen LogP contribution in [0.3, 0.4) is 0 Å². The highest BCUT2D eigenvalue weighted by Crippen LogP contribution is 2.28. The van der Waals surface area contributed by atoms with Crippen LogP contribution in [0.25, 0.3) is 5.69 Å². The second-order valence-electron chi connectivity index (χ2n) is 6.09. The standard InChI is InChI=1S/C19H19FN6O4/c1-11-23-24-25-26(11)15-9-13(5-6-14(15)20)22-19(28)12-4-7-16(17(8-12)29-3)30-10-18(27)21-2/h4-9H,10H2,1-3H3,(H,21,27)(H,22,28). The molecule has 3 aromatic rings. The Bertz CT molecular complexity index is 1080. The van der Waals surface area contributed by atoms with E-state index in [1.165, 1.54) is 55.2 Å². The summed E-state index contributed by atoms with van der Waals surface area (Å²) in [5, 5.41) is 16.1. The Morgan fingerprint density at radius 3 is 2.63 bits per heavy atom. The lowest BCUT2D eigenvalue weighted by Crippen LogP contribution is -2.25. The van der Waals surface area contributed by atoms with E-state index in [4.69, 9.17) is 9.47 Å². The Hall–Kier alpha value is -4.02. The second kappa shape index (κ2) is 8.99. The minimum Gasteiger partial charge on any atom is -0.493 e. The van der Waals surface area contributed by atoms with E-state index in [0.29, 0.717) is 17.3 Å². The SMILES string of the molecule is CNC(=O)COc1ccc(C(=O)Nc2ccc(F)c(-n3nnnc3C)c2)cc1OC. The van der Waals surface area contributed by atoms with Crippen LogP contribution in [0.1, 0.15) is 16.2 Å². The number of aryl methyl sites for hydroxylation is 1. The van der Waals surface area contributed by atoms with Gasteiger partial charge in [-0.3, -0.25) is 9.59 Å². The molecule has 1 heterocycles. The molecule has 156 valence electrons. The molecule has 0 saturated carbocycles. The fourth-order valence-corrected chi connectivity index (χ4v) is 2.55. The Kier molecular flexibility index (Phi) is 6.20. The summed E-state index contributed by atoms with van der Waals surface area (Å²) < 4.78 is 26.0. The number of aromatic nitrogens is 4. The maximum Gasteiger partial charge on any atom is 0.257 e. The van der Waals surface area contributed by atoms with Crippen molar-refractivity contribution in [2.75, 3.05) is 26.1 Å². The van der Waals surface area contributed by atoms with Gasteiger partial charge in [0.05, 0.1) is 7.11 Å². The van der Waals surface area contributed by atoms with E-state index < -0.39 is 11.7 Å². The number of tetrazole rings is 1. The molecule has 0 saturated heterocycles. The zero-order chi connectivity index (χ0) is 21.7. The average molecular weight is 414 g/mol. The van der Waals surface area contributed by atoms with Gasteiger partial charge in [0.15, 0.2) is 23.9 Å². The van der Waals surface area contributed by atoms with Crippen molar-refractivity contribution in [3.05, 3.63) is 53.6 Å². The van der Waals surface area contributed by atoms with Gasteiger partial charge in [0.1, 0.15) is 11.5 Å². The highest BCUT2D eigenvalue weighted by molar-refractivity contribution is 6.04. The molecule has 2 aromatic carbocycles. The van der Waals surface area contributed by atoms with E-state index in [1.54, 1.807) is 6.92 Å². The third-order valence-electron chi connectivity index (χ3n) is 4.12. The Balaban J connectivity index is 1.79. The number of hydrogen-bond donors (Lipinski definition) is 2. The monoisotopic (exact) mass is 414 g/mol. The molecule has 2 amide bonds. The molecule has 0 radical (unpaired) electrons. The number of rotatable bonds is 7. The molecule has 3 rings (SSSR count). The number of benzene rings is 2. The topological polar surface area (TPSA) is 120 Å². The molecule has 2 N–H and O–H groups in total. The quantitative estimate of drug-likeness (QED) is 0.601. The summed E-state index contributed by atoms with van der Waals surface area (Å²) in [4.78, 5) is 24.0. The van der Waals surface area contributed by atoms with Gasteiger partial charge in [-0.2, -0.15) is 4.68 Å². The maximum absolute atomic E-state index is 14.2. The average Bonchev–Trinajstić information content (AvgIpc) is 3.18. The summed E-state index contributed by atoms with van der Waals surface area (Å²) in [6.07, 6.45) is 0. The van der Waals surface area contributed by atoms with Gasteiger partial charge in [-0.25, -0.2) is 4.39 Å². The van der Waals surface area contributed by atoms with E-state index in [2.05, 4.69) is 26.2 Å². The largest absolute Gasteiger partial charge is 0.493 e. The van der Waals surface area contributed by atoms with Crippen LogP contribution in [0.15, 0.2) is 36.4 Å². The van der Waals surface area contributed by atoms with Crippen molar-refractivity contribution in [3.8, 4) is 17.2 Å². The summed E-state index contributed by atoms with van der Waals surface area (Å²) in [6, 6.07) is 8.58. The van der Waals surface area contributed by atoms with E-state index in [0.717, 1.165) is 0 Å². The molecule has 0 bridgehead atoms. The Morgan fingerprint density at radius 1 is 1.17 bits per heavy atom. The van der Waals surface area contributed by atoms with Crippen LogP contribution in [0.2, 0.25) is 0 Å². The molecule has 0 fully saturated rings. The van der Waals surface area contributed by atoms with Gasteiger partial charge in [-0.15, -0.1) is 5.10 Å². The van der Waals surface area contributed by atoms with E-state index in [-0.39, 0.29) is 29.5 Å². The lowest BCUT2D eigenvalue weighted by Gasteiger charge is -2.12. The third-order valence-corrected chi connectivity index (χ3v) is 4.12. The van der Waals surface area contributed by atoms with Crippen LogP contribution in [0.4, 0.5) is 10.1 Å². The number of ether oxygens (including phenoxy) is 2. The number of amides is 2. The smallest absolute Gasteiger partial charge is 0.257 e. The van der Waals surface area contributed by atoms with Gasteiger partial charge in [0, 0.05) is 18.3 Å². The summed E-state index contributed by atoms with van der Waals surface area (Å²) >= 11 is 0. The van der Waals surface area contributed by atoms with Crippen molar-refractivity contribution in [1.29, 1.82) is 0 Å². The predicted octanol–water partition coefficient (Wildman–Crippen LogP) is 1.50. The van der Waals surface area contributed by atoms with Crippen LogP contribution in [0, 0.1) is 12.7 Å². The van der Waals surface area contributed by atoms with Crippen LogP contribution < -0.4 is 20.1 Å². The fraction of sp³-hybridized carbons (Fsp3) is 0.211. The lowest BCUT2D eigenvalue weighted by molar-refractivity contribution is -0.122. The fourth-order valence-electron chi connectivity index (χ4n) is 2.55. The van der Waals surface area contributed by atoms with E-state index in [1.807, 2.05) is 0 Å². The number of hydrogen-bond acceptors (Lipinski definition) is 7. The molecule has 0 aliphatic heterocycles. The number of nitrogens with zero attached hydrogens (tertiary/aromatic N) is 4. The van der Waals surface area contributed by atoms with Gasteiger partial charge in [-0.05, 0) is 53.7 Å². The van der Waals surface area contributed by atoms with Crippen LogP contribution >= 0.6 is 0 Å². The van der Waals surface area contributed by atoms with Crippen LogP contribution in [0.5, 0.6) is 11.5 Å². The minimum absolute atomic E-state index is 0.103. The van der Waals surface area contributed by atoms with Gasteiger partial charge < -0.3 is 20.1 Å². The van der Waals surface area contributed by atoms with Crippen molar-refractivity contribution in [1.82, 2.24) is 25.5 Å². The van der Waals surface area contributed by atoms with Gasteiger partial charge >= 0.3 is 0 Å². The number of methoxy groups -OCH3 is 1. The highest BCUT2D eigenvalue weighted by atomic mass is 19.1. The molecule has 0 unspecified atom stereocenters. The van der Waals surface area contributed by atoms with E-state index in [9.17, 15) is 14.0 Å². The number of carbonyl (C=O) groups excluding carboxylic acids is 2. The summed E-state index contributed by atoms with van der Waals surface area (Å²) in [7, 11) is 2.92. The third kappa shape index (κ3) is 4.51. The van der Waals surface area contributed by atoms with E-state index >= 15 is 0 Å². The lowest BCUT2D eigenvalue weighted by atomic mass is 10.1. The number of halogens is 1. The van der Waals surface area contributed by atoms with Gasteiger partial charge in [0.25, 0.3) is 11.8 Å². The molecule has 30 heavy (non-hydrogen) atoms. The van der Waals surface area contributed by atoms with Crippen molar-refractivity contribution < 1.29 is 23.5 Å². The number of nitrogens with one attached hydrogen (secondary N) is 2. The van der Waals surface area contributed by atoms with Crippen molar-refractivity contribution >= 4 is 17.5 Å². The summed E-state index contributed by atoms with van der Waals surface area (Å²) in [6.45, 7) is 1.44. The first-order valence-corrected chi connectivity index (χ1v) is 8.80. The number of carbonyl (C=O) groups is 2. The van der Waals surface area contributed by atoms with Crippen LogP contribution in [-0.4, -0.2) is 52.8 Å². The first kappa shape index (κ1) is 20.7. The normalized spacial score (nSPS) is 10.4. The summed E-state index contributed by atoms with van der Waals surface area (Å²) in [5.74, 6) is -0.287. The zero-order valence-corrected chi connectivity index (χ0v) is 16.5. The molecule has 10 nitrogen and oxygen atoms in total. The number of anilines is 1. The van der Waals surface area contributed by atoms with Crippen molar-refractivity contribution in [2.24, 2.45) is 0 Å². The molecule has 0 spiro atoms. The molecular formula is C19H19FN6O4. The Labute approximate surface area is 171 Å². The van der Waals surface area contributed by atoms with Crippen LogP contribution in [-0.2, 0) is 4.79 Å². The number of likely N-dealkylation sites (N-methyl/N-ethyl adjacent to an activating group) is 1. The molecule has 0 atom stereocenters. The predicted molar refractivity (Wildman–Crippen MR) is 104 cm³/mol. The molecule has 11 heteroatoms. The highest BCUT2D eigenvalue weighted by Gasteiger charge is 2.15. The van der Waals surface area contributed by atoms with Gasteiger partial charge in [0.2, 0.25) is 0 Å². The molecule has 0 aliphatic carbocycles.